The monoisotopic (exact) mass is 240 g/mol. The van der Waals surface area contributed by atoms with E-state index in [9.17, 15) is 0 Å². The SMILES string of the molecule is COc1ccc(CN(CCO)CCO)cc1N. The molecule has 0 spiro atoms. The number of benzene rings is 1. The number of methoxy groups -OCH3 is 1. The molecule has 1 aromatic rings. The van der Waals surface area contributed by atoms with Crippen molar-refractivity contribution in [1.29, 1.82) is 0 Å². The van der Waals surface area contributed by atoms with E-state index >= 15 is 0 Å². The van der Waals surface area contributed by atoms with Gasteiger partial charge >= 0.3 is 0 Å². The van der Waals surface area contributed by atoms with Crippen LogP contribution in [0.4, 0.5) is 5.69 Å². The van der Waals surface area contributed by atoms with Crippen molar-refractivity contribution < 1.29 is 14.9 Å². The highest BCUT2D eigenvalue weighted by Crippen LogP contribution is 2.22. The van der Waals surface area contributed by atoms with E-state index in [1.54, 1.807) is 7.11 Å². The number of nitrogen functional groups attached to an aromatic ring is 1. The number of hydrogen-bond donors (Lipinski definition) is 3. The first-order valence-corrected chi connectivity index (χ1v) is 5.57. The van der Waals surface area contributed by atoms with Gasteiger partial charge in [0, 0.05) is 19.6 Å². The number of rotatable bonds is 7. The summed E-state index contributed by atoms with van der Waals surface area (Å²) in [4.78, 5) is 1.96. The van der Waals surface area contributed by atoms with Gasteiger partial charge in [0.1, 0.15) is 5.75 Å². The zero-order valence-corrected chi connectivity index (χ0v) is 10.1. The quantitative estimate of drug-likeness (QED) is 0.588. The average Bonchev–Trinajstić information content (AvgIpc) is 2.30. The normalized spacial score (nSPS) is 10.8. The molecule has 0 aliphatic rings. The summed E-state index contributed by atoms with van der Waals surface area (Å²) in [7, 11) is 1.58. The first-order valence-electron chi connectivity index (χ1n) is 5.57. The van der Waals surface area contributed by atoms with Crippen LogP contribution in [0.2, 0.25) is 0 Å². The van der Waals surface area contributed by atoms with Crippen molar-refractivity contribution >= 4 is 5.69 Å². The predicted octanol–water partition coefficient (Wildman–Crippen LogP) is 0.0640. The molecule has 0 aliphatic carbocycles. The van der Waals surface area contributed by atoms with Gasteiger partial charge in [0.15, 0.2) is 0 Å². The van der Waals surface area contributed by atoms with Crippen LogP contribution in [0.1, 0.15) is 5.56 Å². The van der Waals surface area contributed by atoms with E-state index in [0.717, 1.165) is 5.56 Å². The molecule has 0 saturated carbocycles. The Labute approximate surface area is 101 Å². The molecule has 5 nitrogen and oxygen atoms in total. The fourth-order valence-corrected chi connectivity index (χ4v) is 1.69. The maximum absolute atomic E-state index is 8.91. The summed E-state index contributed by atoms with van der Waals surface area (Å²) in [6.45, 7) is 1.87. The van der Waals surface area contributed by atoms with Gasteiger partial charge in [0.2, 0.25) is 0 Å². The number of ether oxygens (including phenoxy) is 1. The molecule has 0 aliphatic heterocycles. The molecule has 0 bridgehead atoms. The van der Waals surface area contributed by atoms with Crippen LogP contribution in [0.15, 0.2) is 18.2 Å². The second-order valence-corrected chi connectivity index (χ2v) is 3.80. The Balaban J connectivity index is 2.68. The molecule has 4 N–H and O–H groups in total. The Hall–Kier alpha value is -1.30. The molecular formula is C12H20N2O3. The second-order valence-electron chi connectivity index (χ2n) is 3.80. The van der Waals surface area contributed by atoms with Gasteiger partial charge in [-0.3, -0.25) is 4.90 Å². The first-order chi connectivity index (χ1) is 8.21. The van der Waals surface area contributed by atoms with Crippen molar-refractivity contribution in [3.05, 3.63) is 23.8 Å². The number of aliphatic hydroxyl groups is 2. The topological polar surface area (TPSA) is 79.0 Å². The summed E-state index contributed by atoms with van der Waals surface area (Å²) in [5.74, 6) is 0.657. The maximum atomic E-state index is 8.91. The minimum absolute atomic E-state index is 0.0750. The molecule has 0 fully saturated rings. The summed E-state index contributed by atoms with van der Waals surface area (Å²) >= 11 is 0. The molecule has 0 saturated heterocycles. The lowest BCUT2D eigenvalue weighted by Crippen LogP contribution is -2.29. The van der Waals surface area contributed by atoms with Crippen LogP contribution in [0.25, 0.3) is 0 Å². The van der Waals surface area contributed by atoms with Crippen molar-refractivity contribution in [2.45, 2.75) is 6.54 Å². The molecule has 0 amide bonds. The van der Waals surface area contributed by atoms with E-state index < -0.39 is 0 Å². The molecule has 96 valence electrons. The van der Waals surface area contributed by atoms with Gasteiger partial charge in [-0.25, -0.2) is 0 Å². The summed E-state index contributed by atoms with van der Waals surface area (Å²) in [6, 6.07) is 5.60. The molecule has 1 rings (SSSR count). The smallest absolute Gasteiger partial charge is 0.141 e. The third-order valence-corrected chi connectivity index (χ3v) is 2.53. The highest BCUT2D eigenvalue weighted by molar-refractivity contribution is 5.54. The van der Waals surface area contributed by atoms with Crippen molar-refractivity contribution in [3.8, 4) is 5.75 Å². The molecular weight excluding hydrogens is 220 g/mol. The van der Waals surface area contributed by atoms with Crippen LogP contribution < -0.4 is 10.5 Å². The third-order valence-electron chi connectivity index (χ3n) is 2.53. The van der Waals surface area contributed by atoms with Crippen molar-refractivity contribution in [2.75, 3.05) is 39.1 Å². The van der Waals surface area contributed by atoms with Crippen LogP contribution >= 0.6 is 0 Å². The van der Waals surface area contributed by atoms with E-state index in [1.807, 2.05) is 23.1 Å². The Morgan fingerprint density at radius 1 is 1.24 bits per heavy atom. The second kappa shape index (κ2) is 7.11. The summed E-state index contributed by atoms with van der Waals surface area (Å²) in [5, 5.41) is 17.8. The zero-order chi connectivity index (χ0) is 12.7. The lowest BCUT2D eigenvalue weighted by Gasteiger charge is -2.20. The van der Waals surface area contributed by atoms with Gasteiger partial charge in [-0.2, -0.15) is 0 Å². The number of aliphatic hydroxyl groups excluding tert-OH is 2. The Bertz CT molecular complexity index is 339. The molecule has 0 heterocycles. The fourth-order valence-electron chi connectivity index (χ4n) is 1.69. The maximum Gasteiger partial charge on any atom is 0.141 e. The van der Waals surface area contributed by atoms with E-state index in [-0.39, 0.29) is 13.2 Å². The molecule has 0 atom stereocenters. The fraction of sp³-hybridized carbons (Fsp3) is 0.500. The lowest BCUT2D eigenvalue weighted by atomic mass is 10.1. The van der Waals surface area contributed by atoms with Gasteiger partial charge < -0.3 is 20.7 Å². The number of hydrogen-bond acceptors (Lipinski definition) is 5. The number of nitrogens with two attached hydrogens (primary N) is 1. The van der Waals surface area contributed by atoms with Gasteiger partial charge in [0.05, 0.1) is 26.0 Å². The van der Waals surface area contributed by atoms with Gasteiger partial charge in [0.25, 0.3) is 0 Å². The molecule has 1 aromatic carbocycles. The van der Waals surface area contributed by atoms with Crippen molar-refractivity contribution in [2.24, 2.45) is 0 Å². The van der Waals surface area contributed by atoms with Crippen LogP contribution in [0.5, 0.6) is 5.75 Å². The predicted molar refractivity (Wildman–Crippen MR) is 66.9 cm³/mol. The van der Waals surface area contributed by atoms with Crippen LogP contribution in [-0.4, -0.2) is 48.5 Å². The minimum atomic E-state index is 0.0750. The lowest BCUT2D eigenvalue weighted by molar-refractivity contribution is 0.156. The van der Waals surface area contributed by atoms with Gasteiger partial charge in [-0.05, 0) is 17.7 Å². The molecule has 0 aromatic heterocycles. The standard InChI is InChI=1S/C12H20N2O3/c1-17-12-3-2-10(8-11(12)13)9-14(4-6-15)5-7-16/h2-3,8,15-16H,4-7,9,13H2,1H3. The van der Waals surface area contributed by atoms with Gasteiger partial charge in [-0.15, -0.1) is 0 Å². The third kappa shape index (κ3) is 4.22. The van der Waals surface area contributed by atoms with E-state index in [1.165, 1.54) is 0 Å². The molecule has 5 heteroatoms. The zero-order valence-electron chi connectivity index (χ0n) is 10.1. The van der Waals surface area contributed by atoms with E-state index in [0.29, 0.717) is 31.1 Å². The van der Waals surface area contributed by atoms with E-state index in [2.05, 4.69) is 0 Å². The highest BCUT2D eigenvalue weighted by Gasteiger charge is 2.06. The minimum Gasteiger partial charge on any atom is -0.495 e. The summed E-state index contributed by atoms with van der Waals surface area (Å²) in [5.41, 5.74) is 7.44. The highest BCUT2D eigenvalue weighted by atomic mass is 16.5. The average molecular weight is 240 g/mol. The summed E-state index contributed by atoms with van der Waals surface area (Å²) in [6.07, 6.45) is 0. The first kappa shape index (κ1) is 13.8. The molecule has 0 unspecified atom stereocenters. The number of nitrogens with zero attached hydrogens (tertiary/aromatic N) is 1. The molecule has 17 heavy (non-hydrogen) atoms. The number of anilines is 1. The largest absolute Gasteiger partial charge is 0.495 e. The van der Waals surface area contributed by atoms with Crippen molar-refractivity contribution in [1.82, 2.24) is 4.90 Å². The van der Waals surface area contributed by atoms with Crippen LogP contribution in [-0.2, 0) is 6.54 Å². The molecule has 0 radical (unpaired) electrons. The Kier molecular flexibility index (Phi) is 5.76. The van der Waals surface area contributed by atoms with Crippen LogP contribution in [0.3, 0.4) is 0 Å². The Morgan fingerprint density at radius 2 is 1.88 bits per heavy atom. The Morgan fingerprint density at radius 3 is 2.35 bits per heavy atom. The van der Waals surface area contributed by atoms with Gasteiger partial charge in [-0.1, -0.05) is 6.07 Å². The van der Waals surface area contributed by atoms with Crippen LogP contribution in [0, 0.1) is 0 Å². The summed E-state index contributed by atoms with van der Waals surface area (Å²) < 4.78 is 5.08. The van der Waals surface area contributed by atoms with Crippen molar-refractivity contribution in [3.63, 3.8) is 0 Å². The van der Waals surface area contributed by atoms with E-state index in [4.69, 9.17) is 20.7 Å².